The smallest absolute Gasteiger partial charge is 0.308 e. The summed E-state index contributed by atoms with van der Waals surface area (Å²) in [4.78, 5) is 44.6. The van der Waals surface area contributed by atoms with E-state index in [1.165, 1.54) is 23.5 Å². The van der Waals surface area contributed by atoms with Gasteiger partial charge in [-0.25, -0.2) is 0 Å². The fourth-order valence-corrected chi connectivity index (χ4v) is 7.99. The molecule has 162 valence electrons. The maximum atomic E-state index is 13.6. The number of carbonyl (C=O) groups is 3. The number of carbonyl (C=O) groups excluding carboxylic acids is 2. The molecule has 3 saturated heterocycles. The molecule has 5 aliphatic rings. The highest BCUT2D eigenvalue weighted by atomic mass is 32.2. The fourth-order valence-electron chi connectivity index (χ4n) is 6.12. The number of ether oxygens (including phenoxy) is 1. The zero-order chi connectivity index (χ0) is 21.3. The summed E-state index contributed by atoms with van der Waals surface area (Å²) in [7, 11) is 1.97. The van der Waals surface area contributed by atoms with Crippen molar-refractivity contribution in [2.24, 2.45) is 5.92 Å². The van der Waals surface area contributed by atoms with E-state index in [0.717, 1.165) is 11.5 Å². The van der Waals surface area contributed by atoms with E-state index in [0.29, 0.717) is 40.4 Å². The van der Waals surface area contributed by atoms with Crippen molar-refractivity contribution in [3.05, 3.63) is 21.0 Å². The summed E-state index contributed by atoms with van der Waals surface area (Å²) in [6.07, 6.45) is 0.736. The molecular formula is C21H26N2O5S2. The van der Waals surface area contributed by atoms with Gasteiger partial charge in [0, 0.05) is 23.2 Å². The van der Waals surface area contributed by atoms with Crippen LogP contribution >= 0.6 is 23.5 Å². The number of ketones is 2. The zero-order valence-corrected chi connectivity index (χ0v) is 18.9. The molecule has 0 aromatic carbocycles. The summed E-state index contributed by atoms with van der Waals surface area (Å²) in [6.45, 7) is 4.36. The normalized spacial score (nSPS) is 38.4. The lowest BCUT2D eigenvalue weighted by Crippen LogP contribution is -2.66. The standard InChI is InChI=1S/C21H26N2O5S2/c1-4-29-18-16(24)9-6-11-15-10(21(26)27)7-12(22(15)3)20-23(11)13(8-28-20)14(9)17(25)19(18)30-5-2/h10-13,15,20H,4-8H2,1-3H3,(H,26,27)/t10-,11+,12+,13+,15-,20-/m1/s1. The van der Waals surface area contributed by atoms with Gasteiger partial charge in [0.2, 0.25) is 0 Å². The highest BCUT2D eigenvalue weighted by Gasteiger charge is 2.63. The lowest BCUT2D eigenvalue weighted by Gasteiger charge is -2.52. The highest BCUT2D eigenvalue weighted by Crippen LogP contribution is 2.52. The average Bonchev–Trinajstić information content (AvgIpc) is 3.25. The largest absolute Gasteiger partial charge is 0.481 e. The van der Waals surface area contributed by atoms with E-state index in [4.69, 9.17) is 4.74 Å². The van der Waals surface area contributed by atoms with Crippen molar-refractivity contribution in [1.29, 1.82) is 0 Å². The number of fused-ring (bicyclic) bond motifs is 5. The lowest BCUT2D eigenvalue weighted by molar-refractivity contribution is -0.144. The molecule has 4 aliphatic heterocycles. The van der Waals surface area contributed by atoms with E-state index in [2.05, 4.69) is 9.80 Å². The summed E-state index contributed by atoms with van der Waals surface area (Å²) in [5, 5.41) is 9.84. The number of rotatable bonds is 5. The van der Waals surface area contributed by atoms with Crippen LogP contribution in [0.1, 0.15) is 26.7 Å². The van der Waals surface area contributed by atoms with Gasteiger partial charge in [0.1, 0.15) is 6.23 Å². The van der Waals surface area contributed by atoms with Crippen LogP contribution in [-0.2, 0) is 19.1 Å². The number of hydrogen-bond acceptors (Lipinski definition) is 8. The number of thioether (sulfide) groups is 2. The van der Waals surface area contributed by atoms with E-state index in [9.17, 15) is 19.5 Å². The van der Waals surface area contributed by atoms with Gasteiger partial charge in [-0.3, -0.25) is 24.2 Å². The molecule has 1 aliphatic carbocycles. The first kappa shape index (κ1) is 20.8. The topological polar surface area (TPSA) is 87.2 Å². The van der Waals surface area contributed by atoms with Crippen LogP contribution in [0.5, 0.6) is 0 Å². The number of hydrogen-bond donors (Lipinski definition) is 1. The van der Waals surface area contributed by atoms with E-state index in [1.807, 2.05) is 20.9 Å². The monoisotopic (exact) mass is 450 g/mol. The lowest BCUT2D eigenvalue weighted by atomic mass is 9.77. The van der Waals surface area contributed by atoms with Crippen LogP contribution in [0, 0.1) is 5.92 Å². The second kappa shape index (κ2) is 7.48. The first-order chi connectivity index (χ1) is 14.4. The van der Waals surface area contributed by atoms with Crippen molar-refractivity contribution >= 4 is 41.1 Å². The van der Waals surface area contributed by atoms with E-state index in [1.54, 1.807) is 0 Å². The van der Waals surface area contributed by atoms with Gasteiger partial charge in [0.25, 0.3) is 0 Å². The number of carboxylic acids is 1. The third-order valence-corrected chi connectivity index (χ3v) is 9.25. The third-order valence-electron chi connectivity index (χ3n) is 7.19. The Kier molecular flexibility index (Phi) is 5.17. The molecule has 2 bridgehead atoms. The van der Waals surface area contributed by atoms with Gasteiger partial charge in [-0.2, -0.15) is 0 Å². The van der Waals surface area contributed by atoms with Crippen LogP contribution in [0.25, 0.3) is 0 Å². The highest BCUT2D eigenvalue weighted by molar-refractivity contribution is 8.08. The predicted octanol–water partition coefficient (Wildman–Crippen LogP) is 1.74. The summed E-state index contributed by atoms with van der Waals surface area (Å²) in [5.41, 5.74) is 1.20. The Labute approximate surface area is 184 Å². The number of nitrogens with zero attached hydrogens (tertiary/aromatic N) is 2. The van der Waals surface area contributed by atoms with Gasteiger partial charge in [0.15, 0.2) is 11.6 Å². The maximum Gasteiger partial charge on any atom is 0.308 e. The SMILES string of the molecule is CCSC1=C(SCC)C(=O)C2=C(C[C@H]3[C@H]4[C@H](C(=O)O)C[C@@H]([C@H]5OC[C@@H]2N53)N4C)C1=O. The van der Waals surface area contributed by atoms with Gasteiger partial charge in [-0.1, -0.05) is 13.8 Å². The number of Topliss-reactive ketones (excluding diaryl/α,β-unsaturated/α-hetero) is 2. The molecule has 0 spiro atoms. The van der Waals surface area contributed by atoms with Gasteiger partial charge >= 0.3 is 5.97 Å². The first-order valence-corrected chi connectivity index (χ1v) is 12.5. The van der Waals surface area contributed by atoms with Gasteiger partial charge in [-0.05, 0) is 31.4 Å². The van der Waals surface area contributed by atoms with Crippen LogP contribution in [0.15, 0.2) is 21.0 Å². The van der Waals surface area contributed by atoms with Crippen LogP contribution in [0.2, 0.25) is 0 Å². The molecule has 0 saturated carbocycles. The third kappa shape index (κ3) is 2.68. The van der Waals surface area contributed by atoms with Crippen molar-refractivity contribution in [3.63, 3.8) is 0 Å². The molecule has 0 unspecified atom stereocenters. The number of allylic oxidation sites excluding steroid dienone is 2. The molecule has 0 radical (unpaired) electrons. The molecular weight excluding hydrogens is 424 g/mol. The fraction of sp³-hybridized carbons (Fsp3) is 0.667. The second-order valence-corrected chi connectivity index (χ2v) is 11.0. The summed E-state index contributed by atoms with van der Waals surface area (Å²) < 4.78 is 6.17. The minimum atomic E-state index is -0.790. The van der Waals surface area contributed by atoms with E-state index in [-0.39, 0.29) is 42.0 Å². The molecule has 6 atom stereocenters. The molecule has 0 aromatic rings. The first-order valence-electron chi connectivity index (χ1n) is 10.6. The molecule has 0 amide bonds. The Morgan fingerprint density at radius 1 is 1.13 bits per heavy atom. The van der Waals surface area contributed by atoms with Gasteiger partial charge < -0.3 is 9.84 Å². The Morgan fingerprint density at radius 2 is 1.80 bits per heavy atom. The van der Waals surface area contributed by atoms with Crippen LogP contribution in [-0.4, -0.2) is 88.0 Å². The van der Waals surface area contributed by atoms with Crippen LogP contribution < -0.4 is 0 Å². The molecule has 9 heteroatoms. The number of likely N-dealkylation sites (N-methyl/N-ethyl adjacent to an activating group) is 1. The Hall–Kier alpha value is -1.13. The molecule has 1 N–H and O–H groups in total. The molecule has 0 aromatic heterocycles. The number of piperazine rings is 1. The molecule has 30 heavy (non-hydrogen) atoms. The van der Waals surface area contributed by atoms with Crippen molar-refractivity contribution in [2.45, 2.75) is 57.1 Å². The molecule has 5 rings (SSSR count). The predicted molar refractivity (Wildman–Crippen MR) is 115 cm³/mol. The van der Waals surface area contributed by atoms with Gasteiger partial charge in [0.05, 0.1) is 34.4 Å². The van der Waals surface area contributed by atoms with E-state index >= 15 is 0 Å². The number of aliphatic carboxylic acids is 1. The Morgan fingerprint density at radius 3 is 2.43 bits per heavy atom. The zero-order valence-electron chi connectivity index (χ0n) is 17.3. The summed E-state index contributed by atoms with van der Waals surface area (Å²) in [6, 6.07) is -0.564. The average molecular weight is 451 g/mol. The molecule has 3 fully saturated rings. The molecule has 7 nitrogen and oxygen atoms in total. The molecule has 4 heterocycles. The Bertz CT molecular complexity index is 900. The maximum absolute atomic E-state index is 13.6. The Balaban J connectivity index is 1.60. The van der Waals surface area contributed by atoms with Crippen LogP contribution in [0.3, 0.4) is 0 Å². The van der Waals surface area contributed by atoms with E-state index < -0.39 is 11.9 Å². The van der Waals surface area contributed by atoms with Crippen molar-refractivity contribution < 1.29 is 24.2 Å². The van der Waals surface area contributed by atoms with Crippen molar-refractivity contribution in [1.82, 2.24) is 9.80 Å². The van der Waals surface area contributed by atoms with Crippen molar-refractivity contribution in [2.75, 3.05) is 25.2 Å². The summed E-state index contributed by atoms with van der Waals surface area (Å²) >= 11 is 2.89. The minimum Gasteiger partial charge on any atom is -0.481 e. The minimum absolute atomic E-state index is 0.000122. The van der Waals surface area contributed by atoms with Crippen molar-refractivity contribution in [3.8, 4) is 0 Å². The summed E-state index contributed by atoms with van der Waals surface area (Å²) in [5.74, 6) is 0.120. The van der Waals surface area contributed by atoms with Crippen LogP contribution in [0.4, 0.5) is 0 Å². The number of carboxylic acid groups (broad SMARTS) is 1. The second-order valence-electron chi connectivity index (χ2n) is 8.44. The van der Waals surface area contributed by atoms with Gasteiger partial charge in [-0.15, -0.1) is 23.5 Å². The quantitative estimate of drug-likeness (QED) is 0.629.